The SMILES string of the molecule is O=C(Nc1ccnc(Cl)n1)c1cccc2[nH]ccc12. The average molecular weight is 273 g/mol. The van der Waals surface area contributed by atoms with Crippen LogP contribution in [-0.2, 0) is 0 Å². The third-order valence-corrected chi connectivity index (χ3v) is 2.89. The zero-order valence-corrected chi connectivity index (χ0v) is 10.5. The highest BCUT2D eigenvalue weighted by Crippen LogP contribution is 2.18. The summed E-state index contributed by atoms with van der Waals surface area (Å²) in [5.74, 6) is 0.137. The van der Waals surface area contributed by atoms with Crippen molar-refractivity contribution in [3.05, 3.63) is 53.6 Å². The van der Waals surface area contributed by atoms with Crippen molar-refractivity contribution in [1.82, 2.24) is 15.0 Å². The molecule has 0 unspecified atom stereocenters. The van der Waals surface area contributed by atoms with Gasteiger partial charge in [0.05, 0.1) is 0 Å². The minimum Gasteiger partial charge on any atom is -0.361 e. The number of carbonyl (C=O) groups excluding carboxylic acids is 1. The third-order valence-electron chi connectivity index (χ3n) is 2.71. The number of benzene rings is 1. The first-order valence-corrected chi connectivity index (χ1v) is 5.98. The summed E-state index contributed by atoms with van der Waals surface area (Å²) in [6.45, 7) is 0. The molecule has 2 aromatic heterocycles. The van der Waals surface area contributed by atoms with Crippen molar-refractivity contribution >= 4 is 34.2 Å². The summed E-state index contributed by atoms with van der Waals surface area (Å²) in [4.78, 5) is 23.0. The molecule has 0 spiro atoms. The predicted molar refractivity (Wildman–Crippen MR) is 73.3 cm³/mol. The number of aromatic amines is 1. The van der Waals surface area contributed by atoms with E-state index in [9.17, 15) is 4.79 Å². The molecule has 3 rings (SSSR count). The number of nitrogens with one attached hydrogen (secondary N) is 2. The van der Waals surface area contributed by atoms with E-state index in [2.05, 4.69) is 20.3 Å². The number of fused-ring (bicyclic) bond motifs is 1. The minimum absolute atomic E-state index is 0.0950. The van der Waals surface area contributed by atoms with Gasteiger partial charge in [-0.2, -0.15) is 0 Å². The number of anilines is 1. The van der Waals surface area contributed by atoms with Crippen molar-refractivity contribution in [3.8, 4) is 0 Å². The summed E-state index contributed by atoms with van der Waals surface area (Å²) < 4.78 is 0. The van der Waals surface area contributed by atoms with Gasteiger partial charge in [-0.25, -0.2) is 9.97 Å². The lowest BCUT2D eigenvalue weighted by Crippen LogP contribution is -2.13. The van der Waals surface area contributed by atoms with Crippen molar-refractivity contribution in [1.29, 1.82) is 0 Å². The summed E-state index contributed by atoms with van der Waals surface area (Å²) in [6, 6.07) is 8.93. The average Bonchev–Trinajstić information content (AvgIpc) is 2.86. The van der Waals surface area contributed by atoms with Crippen molar-refractivity contribution in [3.63, 3.8) is 0 Å². The van der Waals surface area contributed by atoms with Crippen LogP contribution < -0.4 is 5.32 Å². The maximum Gasteiger partial charge on any atom is 0.257 e. The second-order valence-corrected chi connectivity index (χ2v) is 4.25. The van der Waals surface area contributed by atoms with E-state index in [1.807, 2.05) is 18.2 Å². The van der Waals surface area contributed by atoms with Crippen LogP contribution in [0.5, 0.6) is 0 Å². The molecule has 5 nitrogen and oxygen atoms in total. The van der Waals surface area contributed by atoms with Gasteiger partial charge in [0.2, 0.25) is 5.28 Å². The van der Waals surface area contributed by atoms with E-state index >= 15 is 0 Å². The van der Waals surface area contributed by atoms with Crippen LogP contribution in [0.25, 0.3) is 10.9 Å². The topological polar surface area (TPSA) is 70.7 Å². The fraction of sp³-hybridized carbons (Fsp3) is 0. The minimum atomic E-state index is -0.236. The van der Waals surface area contributed by atoms with E-state index in [0.29, 0.717) is 11.4 Å². The number of nitrogens with zero attached hydrogens (tertiary/aromatic N) is 2. The molecule has 0 atom stereocenters. The Balaban J connectivity index is 1.94. The van der Waals surface area contributed by atoms with Gasteiger partial charge in [-0.3, -0.25) is 4.79 Å². The Bertz CT molecular complexity index is 753. The number of H-pyrrole nitrogens is 1. The number of hydrogen-bond donors (Lipinski definition) is 2. The Labute approximate surface area is 113 Å². The molecule has 1 aromatic carbocycles. The van der Waals surface area contributed by atoms with Crippen LogP contribution in [0.1, 0.15) is 10.4 Å². The highest BCUT2D eigenvalue weighted by Gasteiger charge is 2.11. The largest absolute Gasteiger partial charge is 0.361 e. The number of carbonyl (C=O) groups is 1. The van der Waals surface area contributed by atoms with Crippen LogP contribution >= 0.6 is 11.6 Å². The first-order valence-electron chi connectivity index (χ1n) is 5.60. The Hall–Kier alpha value is -2.40. The molecule has 2 N–H and O–H groups in total. The Kier molecular flexibility index (Phi) is 2.89. The van der Waals surface area contributed by atoms with E-state index < -0.39 is 0 Å². The monoisotopic (exact) mass is 272 g/mol. The number of amides is 1. The van der Waals surface area contributed by atoms with Crippen LogP contribution in [0, 0.1) is 0 Å². The summed E-state index contributed by atoms with van der Waals surface area (Å²) in [5.41, 5.74) is 1.49. The van der Waals surface area contributed by atoms with Crippen molar-refractivity contribution < 1.29 is 4.79 Å². The second-order valence-electron chi connectivity index (χ2n) is 3.91. The van der Waals surface area contributed by atoms with Crippen molar-refractivity contribution in [2.45, 2.75) is 0 Å². The lowest BCUT2D eigenvalue weighted by Gasteiger charge is -2.05. The summed E-state index contributed by atoms with van der Waals surface area (Å²) in [6.07, 6.45) is 3.28. The molecule has 0 radical (unpaired) electrons. The molecule has 0 aliphatic heterocycles. The fourth-order valence-corrected chi connectivity index (χ4v) is 2.02. The lowest BCUT2D eigenvalue weighted by atomic mass is 10.1. The van der Waals surface area contributed by atoms with Gasteiger partial charge in [-0.05, 0) is 35.9 Å². The summed E-state index contributed by atoms with van der Waals surface area (Å²) in [5, 5.41) is 3.65. The molecule has 2 heterocycles. The first kappa shape index (κ1) is 11.7. The van der Waals surface area contributed by atoms with Gasteiger partial charge in [0.15, 0.2) is 0 Å². The predicted octanol–water partition coefficient (Wildman–Crippen LogP) is 2.86. The quantitative estimate of drug-likeness (QED) is 0.705. The van der Waals surface area contributed by atoms with Gasteiger partial charge >= 0.3 is 0 Å². The van der Waals surface area contributed by atoms with E-state index in [0.717, 1.165) is 10.9 Å². The van der Waals surface area contributed by atoms with Crippen LogP contribution in [0.15, 0.2) is 42.7 Å². The lowest BCUT2D eigenvalue weighted by molar-refractivity contribution is 0.102. The van der Waals surface area contributed by atoms with Crippen molar-refractivity contribution in [2.75, 3.05) is 5.32 Å². The van der Waals surface area contributed by atoms with Crippen LogP contribution in [-0.4, -0.2) is 20.9 Å². The van der Waals surface area contributed by atoms with Gasteiger partial charge in [-0.1, -0.05) is 6.07 Å². The van der Waals surface area contributed by atoms with Gasteiger partial charge < -0.3 is 10.3 Å². The van der Waals surface area contributed by atoms with E-state index in [1.165, 1.54) is 6.20 Å². The summed E-state index contributed by atoms with van der Waals surface area (Å²) in [7, 11) is 0. The normalized spacial score (nSPS) is 10.6. The number of hydrogen-bond acceptors (Lipinski definition) is 3. The molecule has 3 aromatic rings. The van der Waals surface area contributed by atoms with Gasteiger partial charge in [0.25, 0.3) is 5.91 Å². The molecule has 0 aliphatic carbocycles. The van der Waals surface area contributed by atoms with Gasteiger partial charge in [0.1, 0.15) is 5.82 Å². The molecule has 0 aliphatic rings. The highest BCUT2D eigenvalue weighted by molar-refractivity contribution is 6.28. The standard InChI is InChI=1S/C13H9ClN4O/c14-13-16-7-5-11(18-13)17-12(19)9-2-1-3-10-8(9)4-6-15-10/h1-7,15H,(H,16,17,18,19). The molecule has 0 saturated carbocycles. The number of aromatic nitrogens is 3. The van der Waals surface area contributed by atoms with Gasteiger partial charge in [-0.15, -0.1) is 0 Å². The van der Waals surface area contributed by atoms with E-state index in [4.69, 9.17) is 11.6 Å². The molecular formula is C13H9ClN4O. The first-order chi connectivity index (χ1) is 9.24. The number of rotatable bonds is 2. The molecular weight excluding hydrogens is 264 g/mol. The summed E-state index contributed by atoms with van der Waals surface area (Å²) >= 11 is 5.67. The van der Waals surface area contributed by atoms with Crippen LogP contribution in [0.3, 0.4) is 0 Å². The Morgan fingerprint density at radius 2 is 2.16 bits per heavy atom. The molecule has 6 heteroatoms. The van der Waals surface area contributed by atoms with Crippen molar-refractivity contribution in [2.24, 2.45) is 0 Å². The smallest absolute Gasteiger partial charge is 0.257 e. The molecule has 0 saturated heterocycles. The zero-order chi connectivity index (χ0) is 13.2. The van der Waals surface area contributed by atoms with Gasteiger partial charge in [0, 0.05) is 28.9 Å². The van der Waals surface area contributed by atoms with E-state index in [-0.39, 0.29) is 11.2 Å². The van der Waals surface area contributed by atoms with Crippen LogP contribution in [0.4, 0.5) is 5.82 Å². The Morgan fingerprint density at radius 1 is 1.26 bits per heavy atom. The Morgan fingerprint density at radius 3 is 3.00 bits per heavy atom. The number of halogens is 1. The maximum atomic E-state index is 12.2. The molecule has 0 bridgehead atoms. The molecule has 0 fully saturated rings. The fourth-order valence-electron chi connectivity index (χ4n) is 1.87. The maximum absolute atomic E-state index is 12.2. The molecule has 19 heavy (non-hydrogen) atoms. The highest BCUT2D eigenvalue weighted by atomic mass is 35.5. The second kappa shape index (κ2) is 4.70. The molecule has 94 valence electrons. The van der Waals surface area contributed by atoms with Crippen LogP contribution in [0.2, 0.25) is 5.28 Å². The zero-order valence-electron chi connectivity index (χ0n) is 9.72. The third kappa shape index (κ3) is 2.28. The molecule has 1 amide bonds. The van der Waals surface area contributed by atoms with E-state index in [1.54, 1.807) is 18.3 Å².